The Balaban J connectivity index is 3.39. The van der Waals surface area contributed by atoms with Crippen LogP contribution in [0, 0.1) is 5.92 Å². The second kappa shape index (κ2) is 30.0. The molecule has 0 bridgehead atoms. The number of allylic oxidation sites excluding steroid dienone is 2. The third-order valence-corrected chi connectivity index (χ3v) is 7.41. The van der Waals surface area contributed by atoms with E-state index in [-0.39, 0.29) is 13.0 Å². The molecule has 0 fully saturated rings. The number of aliphatic carboxylic acids is 1. The first kappa shape index (κ1) is 36.4. The fourth-order valence-electron chi connectivity index (χ4n) is 5.00. The predicted molar refractivity (Wildman–Crippen MR) is 163 cm³/mol. The highest BCUT2D eigenvalue weighted by Gasteiger charge is 2.22. The van der Waals surface area contributed by atoms with E-state index in [2.05, 4.69) is 25.7 Å². The quantitative estimate of drug-likeness (QED) is 0.0565. The maximum absolute atomic E-state index is 12.0. The number of rotatable bonds is 30. The van der Waals surface area contributed by atoms with Crippen LogP contribution in [0.3, 0.4) is 0 Å². The van der Waals surface area contributed by atoms with Crippen molar-refractivity contribution in [2.75, 3.05) is 6.61 Å². The highest BCUT2D eigenvalue weighted by molar-refractivity contribution is 5.79. The fourth-order valence-corrected chi connectivity index (χ4v) is 5.00. The van der Waals surface area contributed by atoms with Gasteiger partial charge in [-0.05, 0) is 32.1 Å². The normalized spacial score (nSPS) is 12.1. The molecule has 4 nitrogen and oxygen atoms in total. The van der Waals surface area contributed by atoms with E-state index in [1.807, 2.05) is 0 Å². The smallest absolute Gasteiger partial charge is 0.309 e. The summed E-state index contributed by atoms with van der Waals surface area (Å²) in [6, 6.07) is 0. The second-order valence-electron chi connectivity index (χ2n) is 11.1. The van der Waals surface area contributed by atoms with Gasteiger partial charge in [-0.3, -0.25) is 9.59 Å². The SMILES string of the molecule is C=CCOC(=O)C(CCCCCCCC/C=C/CCCCCCCCCCCCCCCCC)CC(=O)O. The molecule has 0 saturated carbocycles. The molecule has 1 N–H and O–H groups in total. The molecule has 0 spiro atoms. The number of hydrogen-bond acceptors (Lipinski definition) is 3. The Morgan fingerprint density at radius 3 is 1.45 bits per heavy atom. The maximum Gasteiger partial charge on any atom is 0.309 e. The summed E-state index contributed by atoms with van der Waals surface area (Å²) in [5.41, 5.74) is 0. The van der Waals surface area contributed by atoms with Crippen LogP contribution in [0.4, 0.5) is 0 Å². The molecule has 0 radical (unpaired) electrons. The van der Waals surface area contributed by atoms with E-state index in [1.54, 1.807) is 0 Å². The Labute approximate surface area is 236 Å². The lowest BCUT2D eigenvalue weighted by Crippen LogP contribution is -2.21. The van der Waals surface area contributed by atoms with Crippen LogP contribution in [-0.4, -0.2) is 23.7 Å². The number of carboxylic acid groups (broad SMARTS) is 1. The molecule has 1 atom stereocenters. The topological polar surface area (TPSA) is 63.6 Å². The summed E-state index contributed by atoms with van der Waals surface area (Å²) in [5.74, 6) is -1.90. The summed E-state index contributed by atoms with van der Waals surface area (Å²) in [7, 11) is 0. The predicted octanol–water partition coefficient (Wildman–Crippen LogP) is 10.7. The molecular weight excluding hydrogens is 472 g/mol. The van der Waals surface area contributed by atoms with Crippen molar-refractivity contribution < 1.29 is 19.4 Å². The van der Waals surface area contributed by atoms with E-state index >= 15 is 0 Å². The van der Waals surface area contributed by atoms with Gasteiger partial charge in [0.25, 0.3) is 0 Å². The van der Waals surface area contributed by atoms with Gasteiger partial charge >= 0.3 is 11.9 Å². The molecule has 0 saturated heterocycles. The molecule has 0 aliphatic rings. The van der Waals surface area contributed by atoms with Crippen LogP contribution in [0.1, 0.15) is 167 Å². The summed E-state index contributed by atoms with van der Waals surface area (Å²) in [6.07, 6.45) is 37.1. The molecule has 1 unspecified atom stereocenters. The molecule has 0 amide bonds. The van der Waals surface area contributed by atoms with E-state index in [9.17, 15) is 9.59 Å². The summed E-state index contributed by atoms with van der Waals surface area (Å²) < 4.78 is 5.03. The van der Waals surface area contributed by atoms with Gasteiger partial charge in [0.05, 0.1) is 12.3 Å². The number of unbranched alkanes of at least 4 members (excludes halogenated alkanes) is 21. The van der Waals surface area contributed by atoms with Gasteiger partial charge in [0.15, 0.2) is 0 Å². The van der Waals surface area contributed by atoms with E-state index in [4.69, 9.17) is 9.84 Å². The molecule has 0 aromatic heterocycles. The third kappa shape index (κ3) is 27.5. The zero-order valence-corrected chi connectivity index (χ0v) is 25.1. The van der Waals surface area contributed by atoms with Gasteiger partial charge in [-0.15, -0.1) is 0 Å². The van der Waals surface area contributed by atoms with E-state index < -0.39 is 17.9 Å². The first-order chi connectivity index (χ1) is 18.6. The third-order valence-electron chi connectivity index (χ3n) is 7.41. The minimum Gasteiger partial charge on any atom is -0.481 e. The largest absolute Gasteiger partial charge is 0.481 e. The Hall–Kier alpha value is -1.58. The van der Waals surface area contributed by atoms with Crippen molar-refractivity contribution >= 4 is 11.9 Å². The van der Waals surface area contributed by atoms with Gasteiger partial charge in [0.1, 0.15) is 6.61 Å². The van der Waals surface area contributed by atoms with Crippen molar-refractivity contribution in [1.29, 1.82) is 0 Å². The lowest BCUT2D eigenvalue weighted by atomic mass is 9.97. The molecule has 0 aliphatic heterocycles. The average molecular weight is 535 g/mol. The number of carboxylic acids is 1. The van der Waals surface area contributed by atoms with Crippen LogP contribution >= 0.6 is 0 Å². The molecular formula is C34H62O4. The first-order valence-electron chi connectivity index (χ1n) is 16.3. The van der Waals surface area contributed by atoms with Crippen molar-refractivity contribution in [3.8, 4) is 0 Å². The van der Waals surface area contributed by atoms with Crippen molar-refractivity contribution in [3.05, 3.63) is 24.8 Å². The summed E-state index contributed by atoms with van der Waals surface area (Å²) in [6.45, 7) is 5.95. The molecule has 4 heteroatoms. The molecule has 222 valence electrons. The first-order valence-corrected chi connectivity index (χ1v) is 16.3. The van der Waals surface area contributed by atoms with Crippen molar-refractivity contribution in [3.63, 3.8) is 0 Å². The summed E-state index contributed by atoms with van der Waals surface area (Å²) in [4.78, 5) is 23.0. The summed E-state index contributed by atoms with van der Waals surface area (Å²) in [5, 5.41) is 9.02. The monoisotopic (exact) mass is 534 g/mol. The van der Waals surface area contributed by atoms with E-state index in [1.165, 1.54) is 134 Å². The Bertz CT molecular complexity index is 569. The van der Waals surface area contributed by atoms with Gasteiger partial charge in [0.2, 0.25) is 0 Å². The number of hydrogen-bond donors (Lipinski definition) is 1. The standard InChI is InChI=1S/C34H62O4/c1-3-5-6-7-8-9-10-11-12-13-14-15-16-17-18-19-20-21-22-23-24-25-26-27-28-29-32(31-33(35)36)34(37)38-30-4-2/h4,20-21,32H,2-3,5-19,22-31H2,1H3,(H,35,36)/b21-20+. The van der Waals surface area contributed by atoms with Gasteiger partial charge < -0.3 is 9.84 Å². The number of carbonyl (C=O) groups excluding carboxylic acids is 1. The summed E-state index contributed by atoms with van der Waals surface area (Å²) >= 11 is 0. The number of esters is 1. The average Bonchev–Trinajstić information content (AvgIpc) is 2.90. The van der Waals surface area contributed by atoms with Crippen LogP contribution in [0.15, 0.2) is 24.8 Å². The maximum atomic E-state index is 12.0. The van der Waals surface area contributed by atoms with Crippen molar-refractivity contribution in [1.82, 2.24) is 0 Å². The van der Waals surface area contributed by atoms with Crippen LogP contribution < -0.4 is 0 Å². The van der Waals surface area contributed by atoms with Gasteiger partial charge in [0, 0.05) is 0 Å². The highest BCUT2D eigenvalue weighted by Crippen LogP contribution is 2.18. The molecule has 0 aliphatic carbocycles. The van der Waals surface area contributed by atoms with Gasteiger partial charge in [-0.2, -0.15) is 0 Å². The van der Waals surface area contributed by atoms with Gasteiger partial charge in [-0.25, -0.2) is 0 Å². The van der Waals surface area contributed by atoms with E-state index in [0.29, 0.717) is 6.42 Å². The molecule has 0 aromatic rings. The van der Waals surface area contributed by atoms with Gasteiger partial charge in [-0.1, -0.05) is 154 Å². The highest BCUT2D eigenvalue weighted by atomic mass is 16.5. The molecule has 0 aromatic carbocycles. The zero-order chi connectivity index (χ0) is 27.9. The Morgan fingerprint density at radius 2 is 1.05 bits per heavy atom. The minimum atomic E-state index is -0.946. The molecule has 0 heterocycles. The lowest BCUT2D eigenvalue weighted by molar-refractivity contribution is -0.152. The van der Waals surface area contributed by atoms with Crippen LogP contribution in [-0.2, 0) is 14.3 Å². The molecule has 38 heavy (non-hydrogen) atoms. The van der Waals surface area contributed by atoms with Crippen LogP contribution in [0.2, 0.25) is 0 Å². The van der Waals surface area contributed by atoms with E-state index in [0.717, 1.165) is 19.3 Å². The molecule has 0 rings (SSSR count). The number of ether oxygens (including phenoxy) is 1. The van der Waals surface area contributed by atoms with Crippen LogP contribution in [0.25, 0.3) is 0 Å². The fraction of sp³-hybridized carbons (Fsp3) is 0.824. The van der Waals surface area contributed by atoms with Crippen LogP contribution in [0.5, 0.6) is 0 Å². The lowest BCUT2D eigenvalue weighted by Gasteiger charge is -2.13. The Morgan fingerprint density at radius 1 is 0.658 bits per heavy atom. The zero-order valence-electron chi connectivity index (χ0n) is 25.1. The second-order valence-corrected chi connectivity index (χ2v) is 11.1. The Kier molecular flexibility index (Phi) is 28.7. The minimum absolute atomic E-state index is 0.142. The van der Waals surface area contributed by atoms with Crippen molar-refractivity contribution in [2.45, 2.75) is 167 Å². The number of carbonyl (C=O) groups is 2. The van der Waals surface area contributed by atoms with Crippen molar-refractivity contribution in [2.24, 2.45) is 5.92 Å².